The Balaban J connectivity index is 1.83. The molecule has 0 aromatic heterocycles. The summed E-state index contributed by atoms with van der Waals surface area (Å²) in [4.78, 5) is 29.8. The average Bonchev–Trinajstić information content (AvgIpc) is 3.01. The second-order valence-electron chi connectivity index (χ2n) is 6.00. The standard InChI is InChI=1S/C15H28N4O2/c1-3-6-19(14-4-5-16-11-14)12-15(21)18-9-7-17(8-10-18)13(2)20/h14,16H,3-12H2,1-2H3. The number of nitrogens with zero attached hydrogens (tertiary/aromatic N) is 3. The maximum atomic E-state index is 12.5. The zero-order valence-corrected chi connectivity index (χ0v) is 13.3. The third-order valence-corrected chi connectivity index (χ3v) is 4.48. The van der Waals surface area contributed by atoms with Crippen molar-refractivity contribution < 1.29 is 9.59 Å². The van der Waals surface area contributed by atoms with E-state index in [4.69, 9.17) is 0 Å². The van der Waals surface area contributed by atoms with Gasteiger partial charge in [0.1, 0.15) is 0 Å². The number of nitrogens with one attached hydrogen (secondary N) is 1. The van der Waals surface area contributed by atoms with Crippen LogP contribution in [0.3, 0.4) is 0 Å². The molecular formula is C15H28N4O2. The van der Waals surface area contributed by atoms with Crippen molar-refractivity contribution >= 4 is 11.8 Å². The van der Waals surface area contributed by atoms with Gasteiger partial charge < -0.3 is 15.1 Å². The molecule has 0 aromatic carbocycles. The Labute approximate surface area is 127 Å². The summed E-state index contributed by atoms with van der Waals surface area (Å²) in [6.07, 6.45) is 2.20. The van der Waals surface area contributed by atoms with Gasteiger partial charge in [-0.15, -0.1) is 0 Å². The number of rotatable bonds is 5. The first kappa shape index (κ1) is 16.2. The van der Waals surface area contributed by atoms with Crippen LogP contribution in [0.4, 0.5) is 0 Å². The van der Waals surface area contributed by atoms with Gasteiger partial charge in [-0.05, 0) is 25.9 Å². The highest BCUT2D eigenvalue weighted by molar-refractivity contribution is 5.79. The molecular weight excluding hydrogens is 268 g/mol. The van der Waals surface area contributed by atoms with Crippen LogP contribution in [-0.2, 0) is 9.59 Å². The Kier molecular flexibility index (Phi) is 5.99. The molecule has 2 rings (SSSR count). The Bertz CT molecular complexity index is 361. The van der Waals surface area contributed by atoms with E-state index in [-0.39, 0.29) is 11.8 Å². The van der Waals surface area contributed by atoms with Gasteiger partial charge in [-0.1, -0.05) is 6.92 Å². The predicted molar refractivity (Wildman–Crippen MR) is 82.0 cm³/mol. The second kappa shape index (κ2) is 7.75. The molecule has 0 aromatic rings. The molecule has 2 fully saturated rings. The van der Waals surface area contributed by atoms with E-state index in [9.17, 15) is 9.59 Å². The molecule has 2 amide bonds. The van der Waals surface area contributed by atoms with Crippen molar-refractivity contribution in [1.82, 2.24) is 20.0 Å². The van der Waals surface area contributed by atoms with Gasteiger partial charge in [-0.3, -0.25) is 14.5 Å². The normalized spacial score (nSPS) is 22.9. The van der Waals surface area contributed by atoms with E-state index in [1.165, 1.54) is 0 Å². The van der Waals surface area contributed by atoms with Crippen LogP contribution in [-0.4, -0.2) is 84.9 Å². The number of hydrogen-bond acceptors (Lipinski definition) is 4. The van der Waals surface area contributed by atoms with Crippen LogP contribution in [0.2, 0.25) is 0 Å². The van der Waals surface area contributed by atoms with Gasteiger partial charge in [-0.2, -0.15) is 0 Å². The number of hydrogen-bond donors (Lipinski definition) is 1. The fraction of sp³-hybridized carbons (Fsp3) is 0.867. The summed E-state index contributed by atoms with van der Waals surface area (Å²) < 4.78 is 0. The van der Waals surface area contributed by atoms with Crippen molar-refractivity contribution in [2.45, 2.75) is 32.7 Å². The molecule has 2 heterocycles. The molecule has 0 saturated carbocycles. The lowest BCUT2D eigenvalue weighted by atomic mass is 10.2. The molecule has 2 aliphatic heterocycles. The molecule has 1 unspecified atom stereocenters. The van der Waals surface area contributed by atoms with Gasteiger partial charge in [0.05, 0.1) is 6.54 Å². The quantitative estimate of drug-likeness (QED) is 0.760. The molecule has 1 N–H and O–H groups in total. The Hall–Kier alpha value is -1.14. The number of piperazine rings is 1. The van der Waals surface area contributed by atoms with Gasteiger partial charge in [0.15, 0.2) is 0 Å². The minimum atomic E-state index is 0.103. The third-order valence-electron chi connectivity index (χ3n) is 4.48. The van der Waals surface area contributed by atoms with Crippen LogP contribution in [0.1, 0.15) is 26.7 Å². The smallest absolute Gasteiger partial charge is 0.236 e. The highest BCUT2D eigenvalue weighted by Gasteiger charge is 2.27. The van der Waals surface area contributed by atoms with E-state index >= 15 is 0 Å². The van der Waals surface area contributed by atoms with E-state index in [0.717, 1.165) is 32.5 Å². The summed E-state index contributed by atoms with van der Waals surface area (Å²) >= 11 is 0. The Morgan fingerprint density at radius 3 is 2.38 bits per heavy atom. The summed E-state index contributed by atoms with van der Waals surface area (Å²) in [7, 11) is 0. The van der Waals surface area contributed by atoms with Crippen LogP contribution in [0.25, 0.3) is 0 Å². The van der Waals surface area contributed by atoms with Gasteiger partial charge in [-0.25, -0.2) is 0 Å². The molecule has 21 heavy (non-hydrogen) atoms. The summed E-state index contributed by atoms with van der Waals surface area (Å²) in [6.45, 7) is 9.95. The lowest BCUT2D eigenvalue weighted by Gasteiger charge is -2.36. The Morgan fingerprint density at radius 2 is 1.86 bits per heavy atom. The summed E-state index contributed by atoms with van der Waals surface area (Å²) in [5.41, 5.74) is 0. The largest absolute Gasteiger partial charge is 0.339 e. The first-order valence-electron chi connectivity index (χ1n) is 8.10. The van der Waals surface area contributed by atoms with E-state index in [1.54, 1.807) is 6.92 Å². The summed E-state index contributed by atoms with van der Waals surface area (Å²) in [6, 6.07) is 0.493. The topological polar surface area (TPSA) is 55.9 Å². The van der Waals surface area contributed by atoms with E-state index in [0.29, 0.717) is 38.8 Å². The van der Waals surface area contributed by atoms with Crippen LogP contribution >= 0.6 is 0 Å². The van der Waals surface area contributed by atoms with E-state index < -0.39 is 0 Å². The maximum Gasteiger partial charge on any atom is 0.236 e. The van der Waals surface area contributed by atoms with Gasteiger partial charge in [0.25, 0.3) is 0 Å². The average molecular weight is 296 g/mol. The fourth-order valence-electron chi connectivity index (χ4n) is 3.17. The zero-order chi connectivity index (χ0) is 15.2. The number of carbonyl (C=O) groups is 2. The maximum absolute atomic E-state index is 12.5. The van der Waals surface area contributed by atoms with Crippen molar-refractivity contribution in [3.63, 3.8) is 0 Å². The van der Waals surface area contributed by atoms with Crippen LogP contribution in [0.15, 0.2) is 0 Å². The minimum absolute atomic E-state index is 0.103. The molecule has 0 radical (unpaired) electrons. The third kappa shape index (κ3) is 4.41. The molecule has 6 heteroatoms. The SMILES string of the molecule is CCCN(CC(=O)N1CCN(C(C)=O)CC1)C1CCNC1. The summed E-state index contributed by atoms with van der Waals surface area (Å²) in [5.74, 6) is 0.310. The molecule has 0 spiro atoms. The van der Waals surface area contributed by atoms with Gasteiger partial charge in [0, 0.05) is 45.7 Å². The van der Waals surface area contributed by atoms with Crippen LogP contribution in [0.5, 0.6) is 0 Å². The molecule has 120 valence electrons. The Morgan fingerprint density at radius 1 is 1.19 bits per heavy atom. The fourth-order valence-corrected chi connectivity index (χ4v) is 3.17. The summed E-state index contributed by atoms with van der Waals surface area (Å²) in [5, 5.41) is 3.37. The first-order chi connectivity index (χ1) is 10.1. The molecule has 1 atom stereocenters. The molecule has 2 aliphatic rings. The van der Waals surface area contributed by atoms with Crippen molar-refractivity contribution in [3.8, 4) is 0 Å². The molecule has 0 bridgehead atoms. The van der Waals surface area contributed by atoms with Gasteiger partial charge >= 0.3 is 0 Å². The molecule has 6 nitrogen and oxygen atoms in total. The van der Waals surface area contributed by atoms with Gasteiger partial charge in [0.2, 0.25) is 11.8 Å². The lowest BCUT2D eigenvalue weighted by Crippen LogP contribution is -2.53. The van der Waals surface area contributed by atoms with Crippen LogP contribution in [0, 0.1) is 0 Å². The highest BCUT2D eigenvalue weighted by atomic mass is 16.2. The van der Waals surface area contributed by atoms with E-state index in [2.05, 4.69) is 17.1 Å². The van der Waals surface area contributed by atoms with Crippen molar-refractivity contribution in [1.29, 1.82) is 0 Å². The molecule has 0 aliphatic carbocycles. The van der Waals surface area contributed by atoms with Crippen molar-refractivity contribution in [3.05, 3.63) is 0 Å². The van der Waals surface area contributed by atoms with Crippen molar-refractivity contribution in [2.75, 3.05) is 52.4 Å². The molecule has 2 saturated heterocycles. The van der Waals surface area contributed by atoms with E-state index in [1.807, 2.05) is 9.80 Å². The second-order valence-corrected chi connectivity index (χ2v) is 6.00. The van der Waals surface area contributed by atoms with Crippen molar-refractivity contribution in [2.24, 2.45) is 0 Å². The first-order valence-corrected chi connectivity index (χ1v) is 8.10. The number of amides is 2. The highest BCUT2D eigenvalue weighted by Crippen LogP contribution is 2.11. The lowest BCUT2D eigenvalue weighted by molar-refractivity contribution is -0.139. The monoisotopic (exact) mass is 296 g/mol. The minimum Gasteiger partial charge on any atom is -0.339 e. The zero-order valence-electron chi connectivity index (χ0n) is 13.3. The number of carbonyl (C=O) groups excluding carboxylic acids is 2. The predicted octanol–water partition coefficient (Wildman–Crippen LogP) is -0.249. The van der Waals surface area contributed by atoms with Crippen LogP contribution < -0.4 is 5.32 Å².